The van der Waals surface area contributed by atoms with Crippen molar-refractivity contribution in [2.24, 2.45) is 0 Å². The Morgan fingerprint density at radius 1 is 1.00 bits per heavy atom. The molecule has 0 aromatic heterocycles. The minimum absolute atomic E-state index is 0.0873. The van der Waals surface area contributed by atoms with Gasteiger partial charge < -0.3 is 15.4 Å². The second-order valence-corrected chi connectivity index (χ2v) is 7.69. The predicted octanol–water partition coefficient (Wildman–Crippen LogP) is 3.88. The molecule has 26 heavy (non-hydrogen) atoms. The molecular weight excluding hydrogens is 396 g/mol. The number of carbonyl (C=O) groups is 2. The van der Waals surface area contributed by atoms with E-state index in [4.69, 9.17) is 4.74 Å². The molecule has 0 spiro atoms. The summed E-state index contributed by atoms with van der Waals surface area (Å²) in [6.45, 7) is 5.99. The van der Waals surface area contributed by atoms with Crippen LogP contribution in [0.1, 0.15) is 26.3 Å². The fourth-order valence-electron chi connectivity index (χ4n) is 2.34. The maximum absolute atomic E-state index is 12.0. The average Bonchev–Trinajstić information content (AvgIpc) is 2.59. The van der Waals surface area contributed by atoms with Crippen LogP contribution in [0.25, 0.3) is 0 Å². The standard InChI is InChI=1S/C20H23BrN2O3/c1-20(2,3)14-8-4-7-11-17(14)26-13-19(25)22-12-18(24)23-16-10-6-5-9-15(16)21/h4-11H,12-13H2,1-3H3,(H,22,25)(H,23,24). The minimum atomic E-state index is -0.351. The molecule has 0 saturated heterocycles. The molecule has 2 N–H and O–H groups in total. The van der Waals surface area contributed by atoms with E-state index >= 15 is 0 Å². The van der Waals surface area contributed by atoms with Gasteiger partial charge in [0.25, 0.3) is 5.91 Å². The maximum Gasteiger partial charge on any atom is 0.258 e. The third-order valence-corrected chi connectivity index (χ3v) is 4.34. The van der Waals surface area contributed by atoms with Gasteiger partial charge in [-0.1, -0.05) is 51.1 Å². The molecule has 2 amide bonds. The fourth-order valence-corrected chi connectivity index (χ4v) is 2.73. The van der Waals surface area contributed by atoms with E-state index in [9.17, 15) is 9.59 Å². The van der Waals surface area contributed by atoms with Crippen LogP contribution >= 0.6 is 15.9 Å². The summed E-state index contributed by atoms with van der Waals surface area (Å²) in [6, 6.07) is 14.9. The molecule has 138 valence electrons. The summed E-state index contributed by atoms with van der Waals surface area (Å²) in [6.07, 6.45) is 0. The van der Waals surface area contributed by atoms with E-state index in [1.165, 1.54) is 0 Å². The van der Waals surface area contributed by atoms with Crippen molar-refractivity contribution in [1.82, 2.24) is 5.32 Å². The summed E-state index contributed by atoms with van der Waals surface area (Å²) < 4.78 is 6.42. The lowest BCUT2D eigenvalue weighted by molar-refractivity contribution is -0.125. The van der Waals surface area contributed by atoms with Crippen LogP contribution in [0.3, 0.4) is 0 Å². The lowest BCUT2D eigenvalue weighted by Gasteiger charge is -2.22. The molecule has 0 atom stereocenters. The van der Waals surface area contributed by atoms with Gasteiger partial charge in [0.05, 0.1) is 12.2 Å². The molecule has 0 aliphatic carbocycles. The molecule has 0 aliphatic rings. The zero-order valence-corrected chi connectivity index (χ0v) is 16.7. The highest BCUT2D eigenvalue weighted by molar-refractivity contribution is 9.10. The van der Waals surface area contributed by atoms with Gasteiger partial charge in [-0.25, -0.2) is 0 Å². The van der Waals surface area contributed by atoms with Crippen molar-refractivity contribution in [3.63, 3.8) is 0 Å². The summed E-state index contributed by atoms with van der Waals surface area (Å²) in [7, 11) is 0. The molecule has 0 aliphatic heterocycles. The van der Waals surface area contributed by atoms with E-state index in [1.54, 1.807) is 6.07 Å². The Balaban J connectivity index is 1.83. The first-order valence-corrected chi connectivity index (χ1v) is 9.10. The first-order chi connectivity index (χ1) is 12.3. The Morgan fingerprint density at radius 2 is 1.65 bits per heavy atom. The maximum atomic E-state index is 12.0. The van der Waals surface area contributed by atoms with Gasteiger partial charge in [0.1, 0.15) is 5.75 Å². The van der Waals surface area contributed by atoms with E-state index in [-0.39, 0.29) is 30.4 Å². The third-order valence-electron chi connectivity index (χ3n) is 3.65. The monoisotopic (exact) mass is 418 g/mol. The molecule has 0 fully saturated rings. The van der Waals surface area contributed by atoms with Gasteiger partial charge >= 0.3 is 0 Å². The van der Waals surface area contributed by atoms with Crippen molar-refractivity contribution < 1.29 is 14.3 Å². The number of nitrogens with one attached hydrogen (secondary N) is 2. The normalized spacial score (nSPS) is 10.9. The topological polar surface area (TPSA) is 67.4 Å². The van der Waals surface area contributed by atoms with Crippen LogP contribution < -0.4 is 15.4 Å². The Kier molecular flexibility index (Phi) is 6.80. The molecule has 2 aromatic carbocycles. The van der Waals surface area contributed by atoms with Gasteiger partial charge in [-0.05, 0) is 45.1 Å². The van der Waals surface area contributed by atoms with Gasteiger partial charge in [-0.15, -0.1) is 0 Å². The molecule has 0 radical (unpaired) electrons. The van der Waals surface area contributed by atoms with Crippen LogP contribution in [0.15, 0.2) is 53.0 Å². The van der Waals surface area contributed by atoms with Gasteiger partial charge in [0.15, 0.2) is 6.61 Å². The molecule has 6 heteroatoms. The van der Waals surface area contributed by atoms with Gasteiger partial charge in [-0.2, -0.15) is 0 Å². The van der Waals surface area contributed by atoms with Crippen molar-refractivity contribution in [2.45, 2.75) is 26.2 Å². The van der Waals surface area contributed by atoms with Crippen LogP contribution in [0, 0.1) is 0 Å². The number of amides is 2. The van der Waals surface area contributed by atoms with E-state index in [2.05, 4.69) is 47.3 Å². The smallest absolute Gasteiger partial charge is 0.258 e. The van der Waals surface area contributed by atoms with Crippen LogP contribution in [0.5, 0.6) is 5.75 Å². The zero-order chi connectivity index (χ0) is 19.2. The zero-order valence-electron chi connectivity index (χ0n) is 15.1. The number of hydrogen-bond acceptors (Lipinski definition) is 3. The van der Waals surface area contributed by atoms with Gasteiger partial charge in [0.2, 0.25) is 5.91 Å². The van der Waals surface area contributed by atoms with Crippen LogP contribution in [0.4, 0.5) is 5.69 Å². The van der Waals surface area contributed by atoms with E-state index in [1.807, 2.05) is 42.5 Å². The Morgan fingerprint density at radius 3 is 2.35 bits per heavy atom. The summed E-state index contributed by atoms with van der Waals surface area (Å²) in [5.74, 6) is 0.0177. The predicted molar refractivity (Wildman–Crippen MR) is 106 cm³/mol. The number of ether oxygens (including phenoxy) is 1. The largest absolute Gasteiger partial charge is 0.483 e. The second kappa shape index (κ2) is 8.85. The van der Waals surface area contributed by atoms with Crippen LogP contribution in [-0.2, 0) is 15.0 Å². The van der Waals surface area contributed by atoms with Crippen molar-refractivity contribution in [2.75, 3.05) is 18.5 Å². The van der Waals surface area contributed by atoms with Crippen molar-refractivity contribution in [3.8, 4) is 5.75 Å². The van der Waals surface area contributed by atoms with Crippen molar-refractivity contribution >= 4 is 33.4 Å². The molecule has 0 bridgehead atoms. The highest BCUT2D eigenvalue weighted by Crippen LogP contribution is 2.30. The lowest BCUT2D eigenvalue weighted by Crippen LogP contribution is -2.36. The SMILES string of the molecule is CC(C)(C)c1ccccc1OCC(=O)NCC(=O)Nc1ccccc1Br. The summed E-state index contributed by atoms with van der Waals surface area (Å²) in [4.78, 5) is 23.9. The van der Waals surface area contributed by atoms with Gasteiger partial charge in [-0.3, -0.25) is 9.59 Å². The minimum Gasteiger partial charge on any atom is -0.483 e. The number of carbonyl (C=O) groups excluding carboxylic acids is 2. The summed E-state index contributed by atoms with van der Waals surface area (Å²) in [5, 5.41) is 5.29. The van der Waals surface area contributed by atoms with Crippen molar-refractivity contribution in [3.05, 3.63) is 58.6 Å². The molecule has 0 heterocycles. The Hall–Kier alpha value is -2.34. The first-order valence-electron chi connectivity index (χ1n) is 8.31. The van der Waals surface area contributed by atoms with Crippen LogP contribution in [0.2, 0.25) is 0 Å². The number of halogens is 1. The molecule has 5 nitrogen and oxygen atoms in total. The van der Waals surface area contributed by atoms with Crippen molar-refractivity contribution in [1.29, 1.82) is 0 Å². The van der Waals surface area contributed by atoms with E-state index < -0.39 is 0 Å². The summed E-state index contributed by atoms with van der Waals surface area (Å²) >= 11 is 3.36. The molecule has 2 rings (SSSR count). The number of anilines is 1. The Labute approximate surface area is 162 Å². The fraction of sp³-hybridized carbons (Fsp3) is 0.300. The van der Waals surface area contributed by atoms with E-state index in [0.29, 0.717) is 11.4 Å². The highest BCUT2D eigenvalue weighted by atomic mass is 79.9. The molecule has 0 saturated carbocycles. The molecule has 2 aromatic rings. The third kappa shape index (κ3) is 5.88. The molecule has 0 unspecified atom stereocenters. The van der Waals surface area contributed by atoms with E-state index in [0.717, 1.165) is 10.0 Å². The first kappa shape index (κ1) is 20.0. The number of para-hydroxylation sites is 2. The quantitative estimate of drug-likeness (QED) is 0.747. The number of rotatable bonds is 6. The highest BCUT2D eigenvalue weighted by Gasteiger charge is 2.19. The second-order valence-electron chi connectivity index (χ2n) is 6.84. The number of benzene rings is 2. The van der Waals surface area contributed by atoms with Crippen LogP contribution in [-0.4, -0.2) is 25.0 Å². The lowest BCUT2D eigenvalue weighted by atomic mass is 9.86. The average molecular weight is 419 g/mol. The molecular formula is C20H23BrN2O3. The Bertz CT molecular complexity index is 785. The van der Waals surface area contributed by atoms with Gasteiger partial charge in [0, 0.05) is 4.47 Å². The summed E-state index contributed by atoms with van der Waals surface area (Å²) in [5.41, 5.74) is 1.59. The number of hydrogen-bond donors (Lipinski definition) is 2.